The molecule has 0 spiro atoms. The molecule has 9 atom stereocenters. The lowest BCUT2D eigenvalue weighted by atomic mass is 9.87. The molecule has 0 aromatic rings. The number of esters is 1. The first kappa shape index (κ1) is 38.8. The molecule has 0 heterocycles. The van der Waals surface area contributed by atoms with Gasteiger partial charge in [-0.05, 0) is 45.1 Å². The van der Waals surface area contributed by atoms with Gasteiger partial charge in [-0.25, -0.2) is 4.79 Å². The normalized spacial score (nSPS) is 23.9. The molecule has 0 bridgehead atoms. The lowest BCUT2D eigenvalue weighted by molar-refractivity contribution is -0.151. The van der Waals surface area contributed by atoms with Crippen LogP contribution in [-0.2, 0) is 14.3 Å². The van der Waals surface area contributed by atoms with E-state index in [9.17, 15) is 35.1 Å². The van der Waals surface area contributed by atoms with Crippen LogP contribution in [0.25, 0.3) is 0 Å². The molecule has 43 heavy (non-hydrogen) atoms. The number of carboxylic acids is 1. The van der Waals surface area contributed by atoms with E-state index in [-0.39, 0.29) is 17.6 Å². The average Bonchev–Trinajstić information content (AvgIpc) is 2.98. The molecular formula is C32H46Cl2O9. The highest BCUT2D eigenvalue weighted by Crippen LogP contribution is 2.27. The standard InChI is InChI=1S/C32H46Cl2O9/c1-4-5-16-25(35)29(34)26(36)19-27(37)31(40)30(39)21(3)24(33)15-8-6-11-20(2)12-7-9-17-28(38)43-23-14-10-13-22(18-23)32(41)42/h5-9,11-12,15-17,21-23,25-27,29-31,35-37,39-40H,4,10,13-14,18-19H2,1-3H3,(H,41,42)/b8-6+,12-7+,16-5+,17-9+,20-11+,24-15-/t21-,22?,23+,25-,26-,27-,29-,30-,31-/m1/s1. The Kier molecular flexibility index (Phi) is 18.6. The Balaban J connectivity index is 2.57. The van der Waals surface area contributed by atoms with Gasteiger partial charge >= 0.3 is 11.9 Å². The Morgan fingerprint density at radius 1 is 0.953 bits per heavy atom. The number of allylic oxidation sites excluding steroid dienone is 9. The Hall–Kier alpha value is -2.24. The summed E-state index contributed by atoms with van der Waals surface area (Å²) in [6, 6.07) is 0. The summed E-state index contributed by atoms with van der Waals surface area (Å²) in [7, 11) is 0. The fourth-order valence-corrected chi connectivity index (χ4v) is 4.78. The Bertz CT molecular complexity index is 1050. The van der Waals surface area contributed by atoms with E-state index in [1.54, 1.807) is 49.5 Å². The van der Waals surface area contributed by atoms with E-state index in [2.05, 4.69) is 0 Å². The van der Waals surface area contributed by atoms with Crippen LogP contribution in [-0.4, -0.2) is 84.6 Å². The summed E-state index contributed by atoms with van der Waals surface area (Å²) in [5.74, 6) is -2.59. The fourth-order valence-electron chi connectivity index (χ4n) is 4.40. The van der Waals surface area contributed by atoms with Crippen molar-refractivity contribution in [1.82, 2.24) is 0 Å². The van der Waals surface area contributed by atoms with Gasteiger partial charge in [0.25, 0.3) is 0 Å². The summed E-state index contributed by atoms with van der Waals surface area (Å²) in [6.07, 6.45) is 11.3. The number of carbonyl (C=O) groups is 2. The first-order chi connectivity index (χ1) is 20.3. The van der Waals surface area contributed by atoms with Crippen molar-refractivity contribution < 1.29 is 45.0 Å². The van der Waals surface area contributed by atoms with Gasteiger partial charge in [0, 0.05) is 23.4 Å². The molecule has 11 heteroatoms. The van der Waals surface area contributed by atoms with E-state index in [0.717, 1.165) is 5.57 Å². The molecular weight excluding hydrogens is 599 g/mol. The van der Waals surface area contributed by atoms with Gasteiger partial charge in [0.2, 0.25) is 0 Å². The van der Waals surface area contributed by atoms with Gasteiger partial charge in [0.1, 0.15) is 12.2 Å². The van der Waals surface area contributed by atoms with Crippen molar-refractivity contribution in [1.29, 1.82) is 0 Å². The maximum Gasteiger partial charge on any atom is 0.331 e. The smallest absolute Gasteiger partial charge is 0.331 e. The maximum atomic E-state index is 12.0. The highest BCUT2D eigenvalue weighted by molar-refractivity contribution is 6.30. The van der Waals surface area contributed by atoms with E-state index in [1.165, 1.54) is 18.2 Å². The molecule has 9 nitrogen and oxygen atoms in total. The molecule has 1 saturated carbocycles. The zero-order chi connectivity index (χ0) is 32.5. The fraction of sp³-hybridized carbons (Fsp3) is 0.562. The number of carbonyl (C=O) groups excluding carboxylic acids is 1. The molecule has 0 amide bonds. The zero-order valence-electron chi connectivity index (χ0n) is 24.9. The number of hydrogen-bond acceptors (Lipinski definition) is 8. The number of aliphatic carboxylic acids is 1. The van der Waals surface area contributed by atoms with Crippen LogP contribution >= 0.6 is 23.2 Å². The molecule has 0 aromatic carbocycles. The minimum Gasteiger partial charge on any atom is -0.481 e. The molecule has 0 aromatic heterocycles. The lowest BCUT2D eigenvalue weighted by Crippen LogP contribution is -2.44. The lowest BCUT2D eigenvalue weighted by Gasteiger charge is -2.29. The molecule has 1 aliphatic carbocycles. The summed E-state index contributed by atoms with van der Waals surface area (Å²) >= 11 is 12.3. The molecule has 1 aliphatic rings. The molecule has 0 saturated heterocycles. The average molecular weight is 646 g/mol. The largest absolute Gasteiger partial charge is 0.481 e. The molecule has 6 N–H and O–H groups in total. The second kappa shape index (κ2) is 20.7. The van der Waals surface area contributed by atoms with Gasteiger partial charge in [0.05, 0.1) is 35.7 Å². The van der Waals surface area contributed by atoms with Crippen molar-refractivity contribution in [3.05, 3.63) is 71.4 Å². The van der Waals surface area contributed by atoms with Crippen LogP contribution in [0.4, 0.5) is 0 Å². The molecule has 0 aliphatic heterocycles. The first-order valence-corrected chi connectivity index (χ1v) is 15.3. The summed E-state index contributed by atoms with van der Waals surface area (Å²) in [4.78, 5) is 23.2. The Morgan fingerprint density at radius 3 is 2.26 bits per heavy atom. The number of hydrogen-bond donors (Lipinski definition) is 6. The maximum absolute atomic E-state index is 12.0. The Morgan fingerprint density at radius 2 is 1.60 bits per heavy atom. The number of aliphatic hydroxyl groups is 5. The van der Waals surface area contributed by atoms with Gasteiger partial charge in [-0.3, -0.25) is 4.79 Å². The number of rotatable bonds is 17. The summed E-state index contributed by atoms with van der Waals surface area (Å²) < 4.78 is 5.35. The second-order valence-electron chi connectivity index (χ2n) is 10.7. The van der Waals surface area contributed by atoms with Crippen molar-refractivity contribution >= 4 is 35.1 Å². The van der Waals surface area contributed by atoms with Gasteiger partial charge in [-0.1, -0.05) is 79.6 Å². The van der Waals surface area contributed by atoms with Gasteiger partial charge < -0.3 is 35.4 Å². The van der Waals surface area contributed by atoms with Crippen molar-refractivity contribution in [2.75, 3.05) is 0 Å². The van der Waals surface area contributed by atoms with Gasteiger partial charge in [0.15, 0.2) is 0 Å². The number of halogens is 2. The molecule has 0 radical (unpaired) electrons. The number of alkyl halides is 1. The predicted molar refractivity (Wildman–Crippen MR) is 167 cm³/mol. The highest BCUT2D eigenvalue weighted by atomic mass is 35.5. The minimum absolute atomic E-state index is 0.224. The number of ether oxygens (including phenoxy) is 1. The quantitative estimate of drug-likeness (QED) is 0.0445. The molecule has 1 rings (SSSR count). The van der Waals surface area contributed by atoms with E-state index < -0.39 is 59.7 Å². The topological polar surface area (TPSA) is 165 Å². The molecule has 242 valence electrons. The van der Waals surface area contributed by atoms with Crippen LogP contribution in [0, 0.1) is 11.8 Å². The van der Waals surface area contributed by atoms with Crippen LogP contribution in [0.2, 0.25) is 0 Å². The van der Waals surface area contributed by atoms with E-state index in [4.69, 9.17) is 33.0 Å². The van der Waals surface area contributed by atoms with Gasteiger partial charge in [-0.15, -0.1) is 11.6 Å². The highest BCUT2D eigenvalue weighted by Gasteiger charge is 2.34. The Labute approximate surface area is 264 Å². The van der Waals surface area contributed by atoms with Crippen LogP contribution in [0.15, 0.2) is 71.4 Å². The number of aliphatic hydroxyl groups excluding tert-OH is 5. The van der Waals surface area contributed by atoms with Crippen LogP contribution in [0.3, 0.4) is 0 Å². The third-order valence-electron chi connectivity index (χ3n) is 7.12. The van der Waals surface area contributed by atoms with Crippen LogP contribution in [0.5, 0.6) is 0 Å². The number of carboxylic acid groups (broad SMARTS) is 1. The van der Waals surface area contributed by atoms with E-state index >= 15 is 0 Å². The van der Waals surface area contributed by atoms with E-state index in [1.807, 2.05) is 13.8 Å². The summed E-state index contributed by atoms with van der Waals surface area (Å²) in [6.45, 7) is 5.29. The predicted octanol–water partition coefficient (Wildman–Crippen LogP) is 4.31. The summed E-state index contributed by atoms with van der Waals surface area (Å²) in [5, 5.41) is 59.7. The first-order valence-electron chi connectivity index (χ1n) is 14.5. The van der Waals surface area contributed by atoms with Crippen LogP contribution in [0.1, 0.15) is 59.3 Å². The van der Waals surface area contributed by atoms with Crippen molar-refractivity contribution in [3.63, 3.8) is 0 Å². The molecule has 1 fully saturated rings. The third kappa shape index (κ3) is 14.9. The van der Waals surface area contributed by atoms with E-state index in [0.29, 0.717) is 32.1 Å². The minimum atomic E-state index is -1.62. The van der Waals surface area contributed by atoms with Crippen molar-refractivity contribution in [2.24, 2.45) is 11.8 Å². The second-order valence-corrected chi connectivity index (χ2v) is 11.7. The molecule has 1 unspecified atom stereocenters. The van der Waals surface area contributed by atoms with Crippen molar-refractivity contribution in [3.8, 4) is 0 Å². The van der Waals surface area contributed by atoms with Gasteiger partial charge in [-0.2, -0.15) is 0 Å². The SMILES string of the molecule is CC/C=C/[C@@H](O)[C@@H](Cl)[C@H](O)C[C@@H](O)[C@@H](O)[C@H](O)[C@H](C)/C(Cl)=C/C=C/C=C(C)/C=C/C=C/C(=O)O[C@H]1CCCC(C(=O)O)C1. The van der Waals surface area contributed by atoms with Crippen molar-refractivity contribution in [2.45, 2.75) is 101 Å². The monoisotopic (exact) mass is 644 g/mol. The van der Waals surface area contributed by atoms with Crippen LogP contribution < -0.4 is 0 Å². The summed E-state index contributed by atoms with van der Waals surface area (Å²) in [5.41, 5.74) is 0.855. The third-order valence-corrected chi connectivity index (χ3v) is 8.14. The zero-order valence-corrected chi connectivity index (χ0v) is 26.4.